The fraction of sp³-hybridized carbons (Fsp3) is 0.737. The van der Waals surface area contributed by atoms with Crippen molar-refractivity contribution in [3.8, 4) is 0 Å². The summed E-state index contributed by atoms with van der Waals surface area (Å²) in [7, 11) is 2.25. The van der Waals surface area contributed by atoms with Crippen LogP contribution in [-0.4, -0.2) is 74.2 Å². The van der Waals surface area contributed by atoms with Crippen molar-refractivity contribution in [3.63, 3.8) is 0 Å². The lowest BCUT2D eigenvalue weighted by molar-refractivity contribution is -0.0325. The van der Waals surface area contributed by atoms with E-state index in [2.05, 4.69) is 36.4 Å². The Kier molecular flexibility index (Phi) is 4.18. The monoisotopic (exact) mass is 356 g/mol. The van der Waals surface area contributed by atoms with Crippen LogP contribution >= 0.6 is 0 Å². The molecule has 0 aliphatic carbocycles. The summed E-state index contributed by atoms with van der Waals surface area (Å²) in [4.78, 5) is 18.1. The number of fused-ring (bicyclic) bond motifs is 1. The van der Waals surface area contributed by atoms with Gasteiger partial charge in [-0.2, -0.15) is 0 Å². The maximum atomic E-state index is 6.44. The molecule has 3 fully saturated rings. The zero-order chi connectivity index (χ0) is 17.6. The Morgan fingerprint density at radius 1 is 1.15 bits per heavy atom. The highest BCUT2D eigenvalue weighted by Crippen LogP contribution is 2.40. The van der Waals surface area contributed by atoms with E-state index in [4.69, 9.17) is 4.74 Å². The molecule has 5 rings (SSSR count). The number of imidazole rings is 1. The molecule has 3 aliphatic heterocycles. The number of ether oxygens (including phenoxy) is 1. The minimum absolute atomic E-state index is 0.0518. The van der Waals surface area contributed by atoms with Crippen molar-refractivity contribution in [2.75, 3.05) is 33.2 Å². The van der Waals surface area contributed by atoms with E-state index < -0.39 is 0 Å². The normalized spacial score (nSPS) is 29.9. The summed E-state index contributed by atoms with van der Waals surface area (Å²) in [6.45, 7) is 4.76. The topological polar surface area (TPSA) is 59.3 Å². The van der Waals surface area contributed by atoms with Gasteiger partial charge in [-0.1, -0.05) is 0 Å². The van der Waals surface area contributed by atoms with Crippen LogP contribution in [-0.2, 0) is 4.74 Å². The predicted octanol–water partition coefficient (Wildman–Crippen LogP) is 2.06. The Morgan fingerprint density at radius 3 is 2.92 bits per heavy atom. The highest BCUT2D eigenvalue weighted by molar-refractivity contribution is 5.68. The minimum Gasteiger partial charge on any atom is -0.353 e. The Labute approximate surface area is 154 Å². The van der Waals surface area contributed by atoms with Gasteiger partial charge in [0.25, 0.3) is 0 Å². The van der Waals surface area contributed by atoms with E-state index in [1.165, 1.54) is 45.3 Å². The molecule has 26 heavy (non-hydrogen) atoms. The summed E-state index contributed by atoms with van der Waals surface area (Å²) < 4.78 is 8.52. The van der Waals surface area contributed by atoms with Crippen molar-refractivity contribution < 1.29 is 4.74 Å². The summed E-state index contributed by atoms with van der Waals surface area (Å²) in [5.41, 5.74) is 2.14. The molecule has 1 spiro atoms. The van der Waals surface area contributed by atoms with Crippen LogP contribution in [0.1, 0.15) is 44.8 Å². The number of aromatic nitrogens is 4. The number of rotatable bonds is 3. The largest absolute Gasteiger partial charge is 0.353 e. The first-order valence-corrected chi connectivity index (χ1v) is 9.95. The van der Waals surface area contributed by atoms with E-state index >= 15 is 0 Å². The Balaban J connectivity index is 1.26. The van der Waals surface area contributed by atoms with E-state index in [1.807, 2.05) is 6.33 Å². The first-order valence-electron chi connectivity index (χ1n) is 9.95. The van der Waals surface area contributed by atoms with Gasteiger partial charge < -0.3 is 9.64 Å². The average Bonchev–Trinajstić information content (AvgIpc) is 3.37. The molecule has 140 valence electrons. The van der Waals surface area contributed by atoms with Crippen LogP contribution in [0.2, 0.25) is 0 Å². The van der Waals surface area contributed by atoms with Gasteiger partial charge in [0.1, 0.15) is 18.1 Å². The molecule has 2 atom stereocenters. The molecule has 0 aromatic carbocycles. The van der Waals surface area contributed by atoms with Crippen molar-refractivity contribution >= 4 is 11.2 Å². The van der Waals surface area contributed by atoms with Gasteiger partial charge in [0.2, 0.25) is 0 Å². The SMILES string of the molecule is CN1CCC2(CCCN2C[C@@H]2CC[C@H](n3cnc4cncnc43)O2)CC1. The molecule has 3 saturated heterocycles. The molecule has 2 aromatic heterocycles. The van der Waals surface area contributed by atoms with Gasteiger partial charge in [-0.3, -0.25) is 9.47 Å². The summed E-state index contributed by atoms with van der Waals surface area (Å²) in [6, 6.07) is 0. The molecule has 0 amide bonds. The lowest BCUT2D eigenvalue weighted by Gasteiger charge is -2.45. The van der Waals surface area contributed by atoms with Gasteiger partial charge >= 0.3 is 0 Å². The van der Waals surface area contributed by atoms with Crippen LogP contribution in [0.25, 0.3) is 11.2 Å². The second kappa shape index (κ2) is 6.55. The predicted molar refractivity (Wildman–Crippen MR) is 98.7 cm³/mol. The standard InChI is InChI=1S/C19H28N6O/c1-23-9-6-19(7-10-23)5-2-8-24(19)12-15-3-4-17(26-15)25-14-22-16-11-20-13-21-18(16)25/h11,13-15,17H,2-10,12H2,1H3/t15-,17+/m0/s1. The first kappa shape index (κ1) is 16.6. The maximum absolute atomic E-state index is 6.44. The number of hydrogen-bond acceptors (Lipinski definition) is 6. The van der Waals surface area contributed by atoms with Gasteiger partial charge in [0.05, 0.1) is 18.6 Å². The van der Waals surface area contributed by atoms with Crippen molar-refractivity contribution in [3.05, 3.63) is 18.9 Å². The molecule has 5 heterocycles. The highest BCUT2D eigenvalue weighted by atomic mass is 16.5. The van der Waals surface area contributed by atoms with Crippen LogP contribution in [0.15, 0.2) is 18.9 Å². The molecule has 0 N–H and O–H groups in total. The number of hydrogen-bond donors (Lipinski definition) is 0. The third-order valence-corrected chi connectivity index (χ3v) is 6.72. The number of likely N-dealkylation sites (tertiary alicyclic amines) is 2. The summed E-state index contributed by atoms with van der Waals surface area (Å²) in [5, 5.41) is 0. The van der Waals surface area contributed by atoms with Crippen molar-refractivity contribution in [2.45, 2.75) is 56.4 Å². The molecular formula is C19H28N6O. The van der Waals surface area contributed by atoms with Crippen LogP contribution in [0.4, 0.5) is 0 Å². The zero-order valence-corrected chi connectivity index (χ0v) is 15.5. The fourth-order valence-corrected chi connectivity index (χ4v) is 5.15. The van der Waals surface area contributed by atoms with Gasteiger partial charge in [-0.05, 0) is 65.2 Å². The van der Waals surface area contributed by atoms with Gasteiger partial charge in [-0.15, -0.1) is 0 Å². The Morgan fingerprint density at radius 2 is 2.04 bits per heavy atom. The lowest BCUT2D eigenvalue weighted by atomic mass is 9.85. The molecule has 7 nitrogen and oxygen atoms in total. The smallest absolute Gasteiger partial charge is 0.165 e. The number of nitrogens with zero attached hydrogens (tertiary/aromatic N) is 6. The Hall–Kier alpha value is -1.57. The van der Waals surface area contributed by atoms with Crippen LogP contribution < -0.4 is 0 Å². The molecule has 0 bridgehead atoms. The van der Waals surface area contributed by atoms with Crippen molar-refractivity contribution in [1.29, 1.82) is 0 Å². The lowest BCUT2D eigenvalue weighted by Crippen LogP contribution is -2.53. The summed E-state index contributed by atoms with van der Waals surface area (Å²) in [6.07, 6.45) is 13.0. The van der Waals surface area contributed by atoms with E-state index in [9.17, 15) is 0 Å². The van der Waals surface area contributed by atoms with E-state index in [1.54, 1.807) is 12.5 Å². The van der Waals surface area contributed by atoms with Crippen molar-refractivity contribution in [1.82, 2.24) is 29.3 Å². The van der Waals surface area contributed by atoms with E-state index in [0.29, 0.717) is 11.6 Å². The van der Waals surface area contributed by atoms with Crippen molar-refractivity contribution in [2.24, 2.45) is 0 Å². The van der Waals surface area contributed by atoms with Gasteiger partial charge in [-0.25, -0.2) is 15.0 Å². The molecule has 0 radical (unpaired) electrons. The Bertz CT molecular complexity index is 768. The maximum Gasteiger partial charge on any atom is 0.165 e. The molecular weight excluding hydrogens is 328 g/mol. The summed E-state index contributed by atoms with van der Waals surface area (Å²) in [5.74, 6) is 0. The molecule has 2 aromatic rings. The second-order valence-electron chi connectivity index (χ2n) is 8.25. The minimum atomic E-state index is 0.0518. The van der Waals surface area contributed by atoms with Crippen LogP contribution in [0, 0.1) is 0 Å². The van der Waals surface area contributed by atoms with Crippen LogP contribution in [0.5, 0.6) is 0 Å². The first-order chi connectivity index (χ1) is 12.7. The average molecular weight is 356 g/mol. The van der Waals surface area contributed by atoms with E-state index in [-0.39, 0.29) is 6.23 Å². The fourth-order valence-electron chi connectivity index (χ4n) is 5.15. The highest BCUT2D eigenvalue weighted by Gasteiger charge is 2.44. The molecule has 7 heteroatoms. The third-order valence-electron chi connectivity index (χ3n) is 6.72. The second-order valence-corrected chi connectivity index (χ2v) is 8.25. The number of piperidine rings is 1. The van der Waals surface area contributed by atoms with Crippen LogP contribution in [0.3, 0.4) is 0 Å². The van der Waals surface area contributed by atoms with E-state index in [0.717, 1.165) is 30.6 Å². The van der Waals surface area contributed by atoms with Gasteiger partial charge in [0.15, 0.2) is 5.65 Å². The zero-order valence-electron chi connectivity index (χ0n) is 15.5. The molecule has 0 saturated carbocycles. The quantitative estimate of drug-likeness (QED) is 0.839. The van der Waals surface area contributed by atoms with Gasteiger partial charge in [0, 0.05) is 12.1 Å². The molecule has 0 unspecified atom stereocenters. The summed E-state index contributed by atoms with van der Waals surface area (Å²) >= 11 is 0. The third kappa shape index (κ3) is 2.82. The molecule has 3 aliphatic rings.